The molecule has 2 unspecified atom stereocenters. The molecule has 1 aromatic rings. The maximum Gasteiger partial charge on any atom is 0.253 e. The maximum absolute atomic E-state index is 12.1. The summed E-state index contributed by atoms with van der Waals surface area (Å²) in [6.45, 7) is 2.10. The molecule has 3 N–H and O–H groups in total. The predicted molar refractivity (Wildman–Crippen MR) is 86.5 cm³/mol. The zero-order valence-electron chi connectivity index (χ0n) is 12.8. The third-order valence-corrected chi connectivity index (χ3v) is 5.13. The summed E-state index contributed by atoms with van der Waals surface area (Å²) in [6, 6.07) is 5.60. The minimum atomic E-state index is -0.0317. The van der Waals surface area contributed by atoms with Crippen LogP contribution in [-0.4, -0.2) is 26.0 Å². The Morgan fingerprint density at radius 3 is 2.76 bits per heavy atom. The highest BCUT2D eigenvalue weighted by Gasteiger charge is 2.32. The molecule has 21 heavy (non-hydrogen) atoms. The van der Waals surface area contributed by atoms with Crippen molar-refractivity contribution in [1.29, 1.82) is 0 Å². The number of anilines is 2. The first-order chi connectivity index (χ1) is 10.2. The van der Waals surface area contributed by atoms with Gasteiger partial charge in [-0.15, -0.1) is 0 Å². The van der Waals surface area contributed by atoms with E-state index in [-0.39, 0.29) is 5.91 Å². The van der Waals surface area contributed by atoms with Crippen LogP contribution in [0.25, 0.3) is 0 Å². The van der Waals surface area contributed by atoms with E-state index >= 15 is 0 Å². The van der Waals surface area contributed by atoms with Crippen molar-refractivity contribution in [2.75, 3.05) is 30.8 Å². The van der Waals surface area contributed by atoms with Crippen molar-refractivity contribution in [2.45, 2.75) is 32.1 Å². The lowest BCUT2D eigenvalue weighted by Crippen LogP contribution is -2.42. The van der Waals surface area contributed by atoms with Crippen LogP contribution in [0.15, 0.2) is 18.2 Å². The molecule has 0 spiro atoms. The Hall–Kier alpha value is -1.71. The number of hydrogen-bond acceptors (Lipinski definition) is 3. The fourth-order valence-corrected chi connectivity index (χ4v) is 3.96. The highest BCUT2D eigenvalue weighted by Crippen LogP contribution is 2.38. The van der Waals surface area contributed by atoms with Crippen molar-refractivity contribution in [2.24, 2.45) is 11.8 Å². The van der Waals surface area contributed by atoms with Crippen LogP contribution in [0.1, 0.15) is 42.5 Å². The Morgan fingerprint density at radius 2 is 2.00 bits per heavy atom. The average molecular weight is 287 g/mol. The molecule has 4 nitrogen and oxygen atoms in total. The fourth-order valence-electron chi connectivity index (χ4n) is 3.96. The fraction of sp³-hybridized carbons (Fsp3) is 0.588. The molecule has 114 valence electrons. The zero-order chi connectivity index (χ0) is 14.8. The summed E-state index contributed by atoms with van der Waals surface area (Å²) in [5.74, 6) is 1.64. The molecule has 1 saturated carbocycles. The largest absolute Gasteiger partial charge is 0.399 e. The molecule has 4 heteroatoms. The Balaban J connectivity index is 1.86. The summed E-state index contributed by atoms with van der Waals surface area (Å²) >= 11 is 0. The van der Waals surface area contributed by atoms with Crippen molar-refractivity contribution in [1.82, 2.24) is 5.32 Å². The van der Waals surface area contributed by atoms with Gasteiger partial charge in [0.2, 0.25) is 0 Å². The molecule has 0 aromatic heterocycles. The summed E-state index contributed by atoms with van der Waals surface area (Å²) in [7, 11) is 1.68. The SMILES string of the molecule is CNC(=O)c1ccc(N)cc1N1CCC2CCCCC2C1. The first-order valence-electron chi connectivity index (χ1n) is 8.05. The number of carbonyl (C=O) groups is 1. The number of nitrogen functional groups attached to an aromatic ring is 1. The van der Waals surface area contributed by atoms with Gasteiger partial charge in [-0.2, -0.15) is 0 Å². The number of amides is 1. The highest BCUT2D eigenvalue weighted by atomic mass is 16.1. The second-order valence-electron chi connectivity index (χ2n) is 6.40. The number of nitrogens with zero attached hydrogens (tertiary/aromatic N) is 1. The lowest BCUT2D eigenvalue weighted by molar-refractivity contribution is 0.0963. The number of hydrogen-bond donors (Lipinski definition) is 2. The van der Waals surface area contributed by atoms with Crippen molar-refractivity contribution in [3.05, 3.63) is 23.8 Å². The molecule has 1 saturated heterocycles. The summed E-state index contributed by atoms with van der Waals surface area (Å²) in [5.41, 5.74) is 8.41. The molecule has 0 radical (unpaired) electrons. The Labute approximate surface area is 126 Å². The van der Waals surface area contributed by atoms with Gasteiger partial charge in [-0.25, -0.2) is 0 Å². The lowest BCUT2D eigenvalue weighted by atomic mass is 9.75. The monoisotopic (exact) mass is 287 g/mol. The number of benzene rings is 1. The van der Waals surface area contributed by atoms with E-state index in [4.69, 9.17) is 5.73 Å². The van der Waals surface area contributed by atoms with Gasteiger partial charge < -0.3 is 16.0 Å². The highest BCUT2D eigenvalue weighted by molar-refractivity contribution is 6.00. The van der Waals surface area contributed by atoms with E-state index in [1.165, 1.54) is 32.1 Å². The topological polar surface area (TPSA) is 58.4 Å². The minimum Gasteiger partial charge on any atom is -0.399 e. The van der Waals surface area contributed by atoms with Crippen LogP contribution in [0.2, 0.25) is 0 Å². The number of nitrogens with two attached hydrogens (primary N) is 1. The molecule has 0 bridgehead atoms. The molecule has 1 amide bonds. The summed E-state index contributed by atoms with van der Waals surface area (Å²) in [5, 5.41) is 2.73. The van der Waals surface area contributed by atoms with Crippen molar-refractivity contribution in [3.8, 4) is 0 Å². The van der Waals surface area contributed by atoms with E-state index in [2.05, 4.69) is 10.2 Å². The molecule has 1 aliphatic heterocycles. The van der Waals surface area contributed by atoms with Gasteiger partial charge in [-0.05, 0) is 42.9 Å². The Kier molecular flexibility index (Phi) is 4.04. The second kappa shape index (κ2) is 5.96. The number of rotatable bonds is 2. The Morgan fingerprint density at radius 1 is 1.24 bits per heavy atom. The third-order valence-electron chi connectivity index (χ3n) is 5.13. The number of nitrogens with one attached hydrogen (secondary N) is 1. The standard InChI is InChI=1S/C17H25N3O/c1-19-17(21)15-7-6-14(18)10-16(15)20-9-8-12-4-2-3-5-13(12)11-20/h6-7,10,12-13H,2-5,8-9,11,18H2,1H3,(H,19,21). The van der Waals surface area contributed by atoms with Crippen molar-refractivity contribution >= 4 is 17.3 Å². The van der Waals surface area contributed by atoms with E-state index in [9.17, 15) is 4.79 Å². The lowest BCUT2D eigenvalue weighted by Gasteiger charge is -2.42. The molecule has 1 heterocycles. The van der Waals surface area contributed by atoms with Crippen molar-refractivity contribution < 1.29 is 4.79 Å². The molecule has 2 atom stereocenters. The minimum absolute atomic E-state index is 0.0317. The summed E-state index contributed by atoms with van der Waals surface area (Å²) in [6.07, 6.45) is 6.71. The van der Waals surface area contributed by atoms with Gasteiger partial charge in [-0.3, -0.25) is 4.79 Å². The van der Waals surface area contributed by atoms with Crippen LogP contribution in [0, 0.1) is 11.8 Å². The molecule has 2 fully saturated rings. The first-order valence-corrected chi connectivity index (χ1v) is 8.05. The van der Waals surface area contributed by atoms with Crippen molar-refractivity contribution in [3.63, 3.8) is 0 Å². The molecule has 3 rings (SSSR count). The van der Waals surface area contributed by atoms with Crippen LogP contribution in [0.3, 0.4) is 0 Å². The van der Waals surface area contributed by atoms with Crippen LogP contribution in [-0.2, 0) is 0 Å². The van der Waals surface area contributed by atoms with E-state index in [1.807, 2.05) is 12.1 Å². The first kappa shape index (κ1) is 14.2. The number of piperidine rings is 1. The van der Waals surface area contributed by atoms with E-state index in [0.29, 0.717) is 0 Å². The smallest absolute Gasteiger partial charge is 0.253 e. The van der Waals surface area contributed by atoms with Gasteiger partial charge in [0, 0.05) is 25.8 Å². The second-order valence-corrected chi connectivity index (χ2v) is 6.40. The van der Waals surface area contributed by atoms with Gasteiger partial charge in [0.1, 0.15) is 0 Å². The molecule has 2 aliphatic rings. The number of carbonyl (C=O) groups excluding carboxylic acids is 1. The average Bonchev–Trinajstić information content (AvgIpc) is 2.53. The van der Waals surface area contributed by atoms with Gasteiger partial charge in [0.25, 0.3) is 5.91 Å². The molecule has 1 aliphatic carbocycles. The quantitative estimate of drug-likeness (QED) is 0.822. The van der Waals surface area contributed by atoms with E-state index in [0.717, 1.165) is 41.9 Å². The number of fused-ring (bicyclic) bond motifs is 1. The van der Waals surface area contributed by atoms with Crippen LogP contribution < -0.4 is 16.0 Å². The molecule has 1 aromatic carbocycles. The van der Waals surface area contributed by atoms with E-state index in [1.54, 1.807) is 13.1 Å². The van der Waals surface area contributed by atoms with Gasteiger partial charge in [-0.1, -0.05) is 19.3 Å². The summed E-state index contributed by atoms with van der Waals surface area (Å²) in [4.78, 5) is 14.5. The molecular formula is C17H25N3O. The van der Waals surface area contributed by atoms with Crippen LogP contribution >= 0.6 is 0 Å². The van der Waals surface area contributed by atoms with E-state index < -0.39 is 0 Å². The van der Waals surface area contributed by atoms with Gasteiger partial charge in [0.15, 0.2) is 0 Å². The van der Waals surface area contributed by atoms with Gasteiger partial charge in [0.05, 0.1) is 11.3 Å². The zero-order valence-corrected chi connectivity index (χ0v) is 12.8. The predicted octanol–water partition coefficient (Wildman–Crippen LogP) is 2.64. The maximum atomic E-state index is 12.1. The summed E-state index contributed by atoms with van der Waals surface area (Å²) < 4.78 is 0. The van der Waals surface area contributed by atoms with Gasteiger partial charge >= 0.3 is 0 Å². The third kappa shape index (κ3) is 2.85. The van der Waals surface area contributed by atoms with Crippen LogP contribution in [0.5, 0.6) is 0 Å². The normalized spacial score (nSPS) is 25.3. The van der Waals surface area contributed by atoms with Crippen LogP contribution in [0.4, 0.5) is 11.4 Å². The molecular weight excluding hydrogens is 262 g/mol. The Bertz CT molecular complexity index is 529.